The monoisotopic (exact) mass is 377 g/mol. The molecule has 148 valence electrons. The number of amides is 1. The number of aliphatic hydroxyl groups excluding tert-OH is 2. The van der Waals surface area contributed by atoms with Gasteiger partial charge in [0.15, 0.2) is 11.5 Å². The number of imidazole rings is 1. The van der Waals surface area contributed by atoms with Crippen molar-refractivity contribution in [2.45, 2.75) is 56.4 Å². The van der Waals surface area contributed by atoms with Crippen LogP contribution in [0.5, 0.6) is 0 Å². The molecule has 3 rings (SSSR count). The van der Waals surface area contributed by atoms with Crippen LogP contribution < -0.4 is 16.4 Å². The summed E-state index contributed by atoms with van der Waals surface area (Å²) in [6.07, 6.45) is 3.93. The average molecular weight is 377 g/mol. The molecule has 4 atom stereocenters. The van der Waals surface area contributed by atoms with Crippen LogP contribution in [0, 0.1) is 0 Å². The molecule has 0 spiro atoms. The number of nitrogens with zero attached hydrogens (tertiary/aromatic N) is 4. The Balaban J connectivity index is 1.70. The van der Waals surface area contributed by atoms with Crippen molar-refractivity contribution in [2.75, 3.05) is 18.9 Å². The highest BCUT2D eigenvalue weighted by Gasteiger charge is 2.39. The molecule has 2 aromatic heterocycles. The van der Waals surface area contributed by atoms with Crippen molar-refractivity contribution >= 4 is 22.9 Å². The van der Waals surface area contributed by atoms with Crippen LogP contribution in [0.1, 0.15) is 38.1 Å². The second-order valence-electron chi connectivity index (χ2n) is 6.84. The van der Waals surface area contributed by atoms with Crippen molar-refractivity contribution in [2.24, 2.45) is 5.73 Å². The van der Waals surface area contributed by atoms with E-state index in [-0.39, 0.29) is 11.9 Å². The summed E-state index contributed by atoms with van der Waals surface area (Å²) in [6.45, 7) is 0.553. The van der Waals surface area contributed by atoms with Crippen molar-refractivity contribution in [3.63, 3.8) is 0 Å². The molecule has 1 saturated carbocycles. The van der Waals surface area contributed by atoms with Crippen molar-refractivity contribution in [1.29, 1.82) is 0 Å². The van der Waals surface area contributed by atoms with Crippen molar-refractivity contribution < 1.29 is 15.0 Å². The molecule has 0 radical (unpaired) electrons. The second-order valence-corrected chi connectivity index (χ2v) is 6.84. The molecule has 2 heterocycles. The Hall–Kier alpha value is -2.30. The first-order chi connectivity index (χ1) is 13.1. The number of hydrogen-bond donors (Lipinski definition) is 5. The van der Waals surface area contributed by atoms with Gasteiger partial charge >= 0.3 is 0 Å². The molecule has 1 aliphatic rings. The molecule has 0 bridgehead atoms. The molecule has 2 aromatic rings. The van der Waals surface area contributed by atoms with Crippen LogP contribution >= 0.6 is 0 Å². The molecule has 0 aliphatic heterocycles. The van der Waals surface area contributed by atoms with Crippen LogP contribution in [0.3, 0.4) is 0 Å². The van der Waals surface area contributed by atoms with E-state index in [1.807, 2.05) is 0 Å². The molecule has 10 nitrogen and oxygen atoms in total. The van der Waals surface area contributed by atoms with Gasteiger partial charge in [-0.05, 0) is 32.2 Å². The normalized spacial score (nSPS) is 25.5. The Morgan fingerprint density at radius 1 is 1.26 bits per heavy atom. The number of fused-ring (bicyclic) bond motifs is 1. The summed E-state index contributed by atoms with van der Waals surface area (Å²) in [4.78, 5) is 24.7. The minimum atomic E-state index is -1.06. The lowest BCUT2D eigenvalue weighted by molar-refractivity contribution is -0.125. The van der Waals surface area contributed by atoms with E-state index < -0.39 is 18.2 Å². The first-order valence-electron chi connectivity index (χ1n) is 9.27. The van der Waals surface area contributed by atoms with Gasteiger partial charge in [-0.25, -0.2) is 15.0 Å². The summed E-state index contributed by atoms with van der Waals surface area (Å²) < 4.78 is 1.77. The van der Waals surface area contributed by atoms with Gasteiger partial charge in [0.2, 0.25) is 5.91 Å². The molecule has 0 saturated heterocycles. The number of anilines is 1. The fourth-order valence-electron chi connectivity index (χ4n) is 3.61. The zero-order chi connectivity index (χ0) is 19.4. The lowest BCUT2D eigenvalue weighted by Crippen LogP contribution is -2.54. The zero-order valence-corrected chi connectivity index (χ0v) is 15.4. The predicted octanol–water partition coefficient (Wildman–Crippen LogP) is -0.461. The number of unbranched alkanes of at least 4 members (excludes halogenated alkanes) is 1. The van der Waals surface area contributed by atoms with Gasteiger partial charge in [-0.1, -0.05) is 0 Å². The number of aliphatic hydroxyl groups is 2. The molecule has 0 unspecified atom stereocenters. The maximum atomic E-state index is 12.0. The first-order valence-corrected chi connectivity index (χ1v) is 9.27. The highest BCUT2D eigenvalue weighted by molar-refractivity contribution is 5.82. The standard InChI is InChI=1S/C17H27N7O3/c1-19-16-13-17(21-8-20-16)24(9-22-13)11-6-5-10(14(26)15(11)27)23-12(25)4-2-3-7-18/h8-11,14-15,26-27H,2-7,18H2,1H3,(H,23,25)(H,19,20,21)/t10-,11-,14-,15-/m1/s1. The minimum Gasteiger partial charge on any atom is -0.388 e. The molecule has 0 aromatic carbocycles. The van der Waals surface area contributed by atoms with E-state index in [1.54, 1.807) is 17.9 Å². The quantitative estimate of drug-likeness (QED) is 0.407. The summed E-state index contributed by atoms with van der Waals surface area (Å²) in [7, 11) is 1.75. The van der Waals surface area contributed by atoms with Gasteiger partial charge < -0.3 is 31.1 Å². The average Bonchev–Trinajstić information content (AvgIpc) is 3.10. The fourth-order valence-corrected chi connectivity index (χ4v) is 3.61. The van der Waals surface area contributed by atoms with Gasteiger partial charge in [-0.2, -0.15) is 0 Å². The van der Waals surface area contributed by atoms with E-state index in [9.17, 15) is 15.0 Å². The third-order valence-electron chi connectivity index (χ3n) is 5.09. The second kappa shape index (κ2) is 8.59. The van der Waals surface area contributed by atoms with Gasteiger partial charge in [0.25, 0.3) is 0 Å². The predicted molar refractivity (Wildman–Crippen MR) is 100.0 cm³/mol. The van der Waals surface area contributed by atoms with E-state index >= 15 is 0 Å². The Morgan fingerprint density at radius 3 is 2.81 bits per heavy atom. The molecule has 27 heavy (non-hydrogen) atoms. The highest BCUT2D eigenvalue weighted by Crippen LogP contribution is 2.32. The number of carbonyl (C=O) groups is 1. The van der Waals surface area contributed by atoms with Gasteiger partial charge in [0, 0.05) is 13.5 Å². The van der Waals surface area contributed by atoms with E-state index in [4.69, 9.17) is 5.73 Å². The van der Waals surface area contributed by atoms with Crippen LogP contribution in [0.2, 0.25) is 0 Å². The number of hydrogen-bond acceptors (Lipinski definition) is 8. The maximum absolute atomic E-state index is 12.0. The Morgan fingerprint density at radius 2 is 2.07 bits per heavy atom. The van der Waals surface area contributed by atoms with Crippen LogP contribution in [0.25, 0.3) is 11.2 Å². The van der Waals surface area contributed by atoms with Crippen LogP contribution in [0.15, 0.2) is 12.7 Å². The number of aromatic nitrogens is 4. The Kier molecular flexibility index (Phi) is 6.19. The van der Waals surface area contributed by atoms with Crippen LogP contribution in [-0.2, 0) is 4.79 Å². The summed E-state index contributed by atoms with van der Waals surface area (Å²) in [5.74, 6) is 0.477. The van der Waals surface area contributed by atoms with Crippen molar-refractivity contribution in [3.8, 4) is 0 Å². The smallest absolute Gasteiger partial charge is 0.220 e. The molecule has 1 amide bonds. The summed E-state index contributed by atoms with van der Waals surface area (Å²) >= 11 is 0. The summed E-state index contributed by atoms with van der Waals surface area (Å²) in [6, 6.07) is -0.853. The SMILES string of the molecule is CNc1ncnc2c1ncn2[C@@H]1CC[C@@H](NC(=O)CCCCN)[C@@H](O)[C@@H]1O. The van der Waals surface area contributed by atoms with E-state index in [1.165, 1.54) is 6.33 Å². The topological polar surface area (TPSA) is 151 Å². The summed E-state index contributed by atoms with van der Waals surface area (Å²) in [5, 5.41) is 27.0. The molecular formula is C17H27N7O3. The number of carbonyl (C=O) groups excluding carboxylic acids is 1. The van der Waals surface area contributed by atoms with E-state index in [0.29, 0.717) is 49.2 Å². The highest BCUT2D eigenvalue weighted by atomic mass is 16.3. The zero-order valence-electron chi connectivity index (χ0n) is 15.4. The van der Waals surface area contributed by atoms with Crippen molar-refractivity contribution in [3.05, 3.63) is 12.7 Å². The van der Waals surface area contributed by atoms with Gasteiger partial charge in [0.05, 0.1) is 18.4 Å². The largest absolute Gasteiger partial charge is 0.388 e. The van der Waals surface area contributed by atoms with Crippen LogP contribution in [-0.4, -0.2) is 67.5 Å². The molecule has 6 N–H and O–H groups in total. The van der Waals surface area contributed by atoms with E-state index in [2.05, 4.69) is 25.6 Å². The molecule has 10 heteroatoms. The van der Waals surface area contributed by atoms with Crippen molar-refractivity contribution in [1.82, 2.24) is 24.8 Å². The molecule has 1 fully saturated rings. The lowest BCUT2D eigenvalue weighted by atomic mass is 9.85. The maximum Gasteiger partial charge on any atom is 0.220 e. The fraction of sp³-hybridized carbons (Fsp3) is 0.647. The third-order valence-corrected chi connectivity index (χ3v) is 5.09. The first kappa shape index (κ1) is 19.5. The Bertz CT molecular complexity index is 781. The third kappa shape index (κ3) is 4.02. The number of nitrogens with two attached hydrogens (primary N) is 1. The van der Waals surface area contributed by atoms with Crippen LogP contribution in [0.4, 0.5) is 5.82 Å². The Labute approximate surface area is 157 Å². The van der Waals surface area contributed by atoms with Gasteiger partial charge in [-0.15, -0.1) is 0 Å². The molecular weight excluding hydrogens is 350 g/mol. The van der Waals surface area contributed by atoms with E-state index in [0.717, 1.165) is 6.42 Å². The lowest BCUT2D eigenvalue weighted by Gasteiger charge is -2.38. The van der Waals surface area contributed by atoms with Gasteiger partial charge in [-0.3, -0.25) is 4.79 Å². The van der Waals surface area contributed by atoms with Gasteiger partial charge in [0.1, 0.15) is 24.1 Å². The molecule has 1 aliphatic carbocycles. The minimum absolute atomic E-state index is 0.127. The number of rotatable bonds is 7. The number of nitrogens with one attached hydrogen (secondary N) is 2. The summed E-state index contributed by atoms with van der Waals surface area (Å²) in [5.41, 5.74) is 6.63.